The molecule has 4 nitrogen and oxygen atoms in total. The molecular formula is C24H22N3OS+. The minimum atomic E-state index is -0.0181. The van der Waals surface area contributed by atoms with Gasteiger partial charge < -0.3 is 5.73 Å². The van der Waals surface area contributed by atoms with E-state index >= 15 is 0 Å². The standard InChI is InChI=1S/C24H21N3OS/c1-13-6-7-16(14(2)12-13)22(28)23-21(25)20-19(15-8-10-26-11-9-15)17-4-3-5-18(17)27-24(20)29-23/h6-12H,3-5,25H2,1-2H3/p+1. The number of aryl methyl sites for hydroxylation is 3. The fraction of sp³-hybridized carbons (Fsp3) is 0.208. The number of nitrogens with one attached hydrogen (secondary N) is 1. The second kappa shape index (κ2) is 6.78. The van der Waals surface area contributed by atoms with Crippen LogP contribution in [0.5, 0.6) is 0 Å². The molecule has 1 aromatic carbocycles. The number of hydrogen-bond acceptors (Lipinski definition) is 4. The van der Waals surface area contributed by atoms with Crippen molar-refractivity contribution in [3.05, 3.63) is 75.6 Å². The van der Waals surface area contributed by atoms with Crippen molar-refractivity contribution in [1.29, 1.82) is 0 Å². The molecule has 4 aromatic rings. The molecule has 0 atom stereocenters. The number of nitrogens with zero attached hydrogens (tertiary/aromatic N) is 1. The predicted molar refractivity (Wildman–Crippen MR) is 117 cm³/mol. The first-order valence-electron chi connectivity index (χ1n) is 9.86. The fourth-order valence-corrected chi connectivity index (χ4v) is 5.46. The zero-order valence-electron chi connectivity index (χ0n) is 16.5. The summed E-state index contributed by atoms with van der Waals surface area (Å²) < 4.78 is 0. The number of aromatic amines is 1. The number of nitrogen functional groups attached to an aromatic ring is 1. The van der Waals surface area contributed by atoms with Crippen LogP contribution < -0.4 is 10.7 Å². The Labute approximate surface area is 173 Å². The third-order valence-electron chi connectivity index (χ3n) is 5.74. The summed E-state index contributed by atoms with van der Waals surface area (Å²) in [5, 5.41) is 0.926. The van der Waals surface area contributed by atoms with Gasteiger partial charge in [0.2, 0.25) is 5.78 Å². The molecule has 29 heavy (non-hydrogen) atoms. The molecule has 0 saturated carbocycles. The Kier molecular flexibility index (Phi) is 4.21. The van der Waals surface area contributed by atoms with Gasteiger partial charge in [-0.15, -0.1) is 11.3 Å². The SMILES string of the molecule is Cc1ccc(C(=O)c2sc3nc4c(c(-c5cc[nH+]cc5)c3c2N)CCC4)c(C)c1. The molecule has 0 aliphatic heterocycles. The van der Waals surface area contributed by atoms with Gasteiger partial charge in [-0.05, 0) is 55.4 Å². The van der Waals surface area contributed by atoms with E-state index in [0.29, 0.717) is 16.1 Å². The van der Waals surface area contributed by atoms with Crippen LogP contribution in [0.4, 0.5) is 5.69 Å². The van der Waals surface area contributed by atoms with Crippen LogP contribution in [0.15, 0.2) is 42.7 Å². The maximum Gasteiger partial charge on any atom is 0.205 e. The summed E-state index contributed by atoms with van der Waals surface area (Å²) in [6, 6.07) is 10.0. The van der Waals surface area contributed by atoms with Gasteiger partial charge in [-0.3, -0.25) is 4.79 Å². The molecule has 3 aromatic heterocycles. The second-order valence-electron chi connectivity index (χ2n) is 7.73. The Morgan fingerprint density at radius 3 is 2.69 bits per heavy atom. The highest BCUT2D eigenvalue weighted by Gasteiger charge is 2.27. The van der Waals surface area contributed by atoms with Crippen LogP contribution in [-0.2, 0) is 12.8 Å². The molecule has 0 radical (unpaired) electrons. The quantitative estimate of drug-likeness (QED) is 0.507. The van der Waals surface area contributed by atoms with Gasteiger partial charge in [-0.25, -0.2) is 9.97 Å². The van der Waals surface area contributed by atoms with Crippen LogP contribution in [0.1, 0.15) is 44.0 Å². The number of thiophene rings is 1. The van der Waals surface area contributed by atoms with Crippen LogP contribution in [0, 0.1) is 13.8 Å². The van der Waals surface area contributed by atoms with Gasteiger partial charge in [0.05, 0.1) is 5.69 Å². The van der Waals surface area contributed by atoms with Gasteiger partial charge in [-0.1, -0.05) is 23.8 Å². The van der Waals surface area contributed by atoms with Crippen molar-refractivity contribution in [2.75, 3.05) is 5.73 Å². The number of H-pyrrole nitrogens is 1. The van der Waals surface area contributed by atoms with Crippen LogP contribution in [0.2, 0.25) is 0 Å². The van der Waals surface area contributed by atoms with Crippen molar-refractivity contribution in [3.8, 4) is 11.1 Å². The average molecular weight is 401 g/mol. The highest BCUT2D eigenvalue weighted by Crippen LogP contribution is 2.44. The first-order valence-corrected chi connectivity index (χ1v) is 10.7. The summed E-state index contributed by atoms with van der Waals surface area (Å²) >= 11 is 1.42. The molecule has 5 rings (SSSR count). The lowest BCUT2D eigenvalue weighted by atomic mass is 9.95. The predicted octanol–water partition coefficient (Wildman–Crippen LogP) is 4.70. The van der Waals surface area contributed by atoms with E-state index < -0.39 is 0 Å². The fourth-order valence-electron chi connectivity index (χ4n) is 4.38. The molecule has 144 valence electrons. The maximum atomic E-state index is 13.4. The van der Waals surface area contributed by atoms with Crippen molar-refractivity contribution in [1.82, 2.24) is 4.98 Å². The third-order valence-corrected chi connectivity index (χ3v) is 6.84. The summed E-state index contributed by atoms with van der Waals surface area (Å²) in [7, 11) is 0. The molecular weight excluding hydrogens is 378 g/mol. The van der Waals surface area contributed by atoms with Crippen molar-refractivity contribution < 1.29 is 9.78 Å². The van der Waals surface area contributed by atoms with Crippen molar-refractivity contribution in [2.24, 2.45) is 0 Å². The Morgan fingerprint density at radius 1 is 1.14 bits per heavy atom. The molecule has 1 aliphatic carbocycles. The first-order chi connectivity index (χ1) is 14.0. The molecule has 0 amide bonds. The van der Waals surface area contributed by atoms with Crippen molar-refractivity contribution >= 4 is 33.0 Å². The lowest BCUT2D eigenvalue weighted by Gasteiger charge is -2.10. The summed E-state index contributed by atoms with van der Waals surface area (Å²) in [4.78, 5) is 22.8. The van der Waals surface area contributed by atoms with Gasteiger partial charge in [0.15, 0.2) is 12.4 Å². The topological polar surface area (TPSA) is 70.1 Å². The van der Waals surface area contributed by atoms with E-state index in [1.807, 2.05) is 44.4 Å². The largest absolute Gasteiger partial charge is 0.397 e. The minimum absolute atomic E-state index is 0.0181. The van der Waals surface area contributed by atoms with Gasteiger partial charge in [0, 0.05) is 28.8 Å². The summed E-state index contributed by atoms with van der Waals surface area (Å²) in [5.41, 5.74) is 14.7. The molecule has 0 saturated heterocycles. The molecule has 3 heterocycles. The number of hydrogen-bond donors (Lipinski definition) is 1. The van der Waals surface area contributed by atoms with Crippen molar-refractivity contribution in [3.63, 3.8) is 0 Å². The van der Waals surface area contributed by atoms with E-state index in [1.54, 1.807) is 0 Å². The highest BCUT2D eigenvalue weighted by molar-refractivity contribution is 7.21. The second-order valence-corrected chi connectivity index (χ2v) is 8.73. The smallest absolute Gasteiger partial charge is 0.205 e. The maximum absolute atomic E-state index is 13.4. The van der Waals surface area contributed by atoms with Gasteiger partial charge >= 0.3 is 0 Å². The molecule has 5 heteroatoms. The van der Waals surface area contributed by atoms with Gasteiger partial charge in [0.25, 0.3) is 0 Å². The Morgan fingerprint density at radius 2 is 1.93 bits per heavy atom. The monoisotopic (exact) mass is 400 g/mol. The molecule has 3 N–H and O–H groups in total. The normalized spacial score (nSPS) is 13.0. The van der Waals surface area contributed by atoms with Crippen LogP contribution in [0.25, 0.3) is 21.3 Å². The number of benzene rings is 1. The van der Waals surface area contributed by atoms with Gasteiger partial charge in [-0.2, -0.15) is 0 Å². The molecule has 0 fully saturated rings. The van der Waals surface area contributed by atoms with E-state index in [4.69, 9.17) is 10.7 Å². The number of ketones is 1. The van der Waals surface area contributed by atoms with Crippen LogP contribution in [0.3, 0.4) is 0 Å². The molecule has 0 spiro atoms. The summed E-state index contributed by atoms with van der Waals surface area (Å²) in [6.07, 6.45) is 6.94. The highest BCUT2D eigenvalue weighted by atomic mass is 32.1. The number of anilines is 1. The van der Waals surface area contributed by atoms with E-state index in [2.05, 4.69) is 17.1 Å². The summed E-state index contributed by atoms with van der Waals surface area (Å²) in [6.45, 7) is 4.01. The van der Waals surface area contributed by atoms with Crippen molar-refractivity contribution in [2.45, 2.75) is 33.1 Å². The Balaban J connectivity index is 1.76. The number of carbonyl (C=O) groups is 1. The number of fused-ring (bicyclic) bond motifs is 2. The lowest BCUT2D eigenvalue weighted by molar-refractivity contribution is -0.377. The molecule has 0 bridgehead atoms. The zero-order valence-corrected chi connectivity index (χ0v) is 17.3. The van der Waals surface area contributed by atoms with Crippen LogP contribution in [-0.4, -0.2) is 10.8 Å². The van der Waals surface area contributed by atoms with E-state index in [-0.39, 0.29) is 5.78 Å². The summed E-state index contributed by atoms with van der Waals surface area (Å²) in [5.74, 6) is -0.0181. The number of rotatable bonds is 3. The number of carbonyl (C=O) groups excluding carboxylic acids is 1. The van der Waals surface area contributed by atoms with E-state index in [0.717, 1.165) is 57.4 Å². The first kappa shape index (κ1) is 18.0. The van der Waals surface area contributed by atoms with Gasteiger partial charge in [0.1, 0.15) is 9.71 Å². The average Bonchev–Trinajstić information content (AvgIpc) is 3.31. The molecule has 0 unspecified atom stereocenters. The van der Waals surface area contributed by atoms with Crippen LogP contribution >= 0.6 is 11.3 Å². The third kappa shape index (κ3) is 2.85. The number of pyridine rings is 2. The Hall–Kier alpha value is -3.05. The lowest BCUT2D eigenvalue weighted by Crippen LogP contribution is -2.05. The number of aromatic nitrogens is 2. The zero-order chi connectivity index (χ0) is 20.1. The number of nitrogens with two attached hydrogens (primary N) is 1. The van der Waals surface area contributed by atoms with E-state index in [9.17, 15) is 4.79 Å². The Bertz CT molecular complexity index is 1270. The molecule has 1 aliphatic rings. The van der Waals surface area contributed by atoms with E-state index in [1.165, 1.54) is 16.9 Å². The minimum Gasteiger partial charge on any atom is -0.397 e.